The third kappa shape index (κ3) is 2.46. The molecule has 0 heterocycles. The Hall–Kier alpha value is -0.640. The van der Waals surface area contributed by atoms with Crippen LogP contribution in [0.4, 0.5) is 0 Å². The Morgan fingerprint density at radius 1 is 1.18 bits per heavy atom. The number of halogens is 2. The molecule has 0 amide bonds. The molecule has 2 heteroatoms. The van der Waals surface area contributed by atoms with E-state index in [1.807, 2.05) is 12.1 Å². The van der Waals surface area contributed by atoms with E-state index in [2.05, 4.69) is 5.92 Å². The van der Waals surface area contributed by atoms with Crippen molar-refractivity contribution in [2.24, 2.45) is 0 Å². The molecule has 0 aliphatic heterocycles. The Labute approximate surface area is 76.1 Å². The first-order chi connectivity index (χ1) is 5.22. The van der Waals surface area contributed by atoms with Gasteiger partial charge in [-0.15, -0.1) is 12.3 Å². The van der Waals surface area contributed by atoms with Crippen LogP contribution in [0, 0.1) is 12.3 Å². The van der Waals surface area contributed by atoms with Gasteiger partial charge in [-0.1, -0.05) is 23.2 Å². The second kappa shape index (κ2) is 3.67. The van der Waals surface area contributed by atoms with E-state index >= 15 is 0 Å². The van der Waals surface area contributed by atoms with Crippen molar-refractivity contribution in [3.8, 4) is 12.3 Å². The maximum Gasteiger partial charge on any atom is 0.0423 e. The topological polar surface area (TPSA) is 0 Å². The summed E-state index contributed by atoms with van der Waals surface area (Å²) < 4.78 is 0. The van der Waals surface area contributed by atoms with Crippen LogP contribution in [0.3, 0.4) is 0 Å². The molecular formula is C9H6Cl2. The van der Waals surface area contributed by atoms with E-state index in [1.54, 1.807) is 6.07 Å². The number of hydrogen-bond donors (Lipinski definition) is 0. The zero-order chi connectivity index (χ0) is 8.27. The summed E-state index contributed by atoms with van der Waals surface area (Å²) in [5.74, 6) is 2.52. The second-order valence-electron chi connectivity index (χ2n) is 2.16. The Bertz CT molecular complexity index is 277. The van der Waals surface area contributed by atoms with Gasteiger partial charge in [-0.3, -0.25) is 0 Å². The minimum atomic E-state index is 0.570. The summed E-state index contributed by atoms with van der Waals surface area (Å²) in [4.78, 5) is 0. The lowest BCUT2D eigenvalue weighted by molar-refractivity contribution is 1.32. The standard InChI is InChI=1S/C9H6Cl2/c1-2-3-7-4-8(10)6-9(11)5-7/h1,4-6H,3H2. The summed E-state index contributed by atoms with van der Waals surface area (Å²) in [6.45, 7) is 0. The van der Waals surface area contributed by atoms with Crippen LogP contribution < -0.4 is 0 Å². The Balaban J connectivity index is 3.01. The van der Waals surface area contributed by atoms with Gasteiger partial charge in [0, 0.05) is 16.5 Å². The van der Waals surface area contributed by atoms with Crippen LogP contribution in [0.2, 0.25) is 10.0 Å². The van der Waals surface area contributed by atoms with Gasteiger partial charge in [-0.05, 0) is 23.8 Å². The molecule has 0 atom stereocenters. The highest BCUT2D eigenvalue weighted by molar-refractivity contribution is 6.34. The number of hydrogen-bond acceptors (Lipinski definition) is 0. The second-order valence-corrected chi connectivity index (χ2v) is 3.03. The van der Waals surface area contributed by atoms with Crippen LogP contribution >= 0.6 is 23.2 Å². The maximum absolute atomic E-state index is 5.73. The van der Waals surface area contributed by atoms with Crippen LogP contribution in [0.25, 0.3) is 0 Å². The summed E-state index contributed by atoms with van der Waals surface area (Å²) in [5, 5.41) is 1.26. The van der Waals surface area contributed by atoms with Gasteiger partial charge in [-0.2, -0.15) is 0 Å². The van der Waals surface area contributed by atoms with E-state index in [1.165, 1.54) is 0 Å². The fourth-order valence-electron chi connectivity index (χ4n) is 0.831. The molecule has 0 spiro atoms. The normalized spacial score (nSPS) is 9.18. The highest BCUT2D eigenvalue weighted by atomic mass is 35.5. The molecule has 0 aromatic heterocycles. The first-order valence-corrected chi connectivity index (χ1v) is 3.86. The van der Waals surface area contributed by atoms with Crippen molar-refractivity contribution < 1.29 is 0 Å². The van der Waals surface area contributed by atoms with Crippen LogP contribution in [-0.4, -0.2) is 0 Å². The van der Waals surface area contributed by atoms with E-state index in [-0.39, 0.29) is 0 Å². The number of benzene rings is 1. The molecule has 1 aromatic carbocycles. The molecule has 0 radical (unpaired) electrons. The summed E-state index contributed by atoms with van der Waals surface area (Å²) in [6, 6.07) is 5.31. The Kier molecular flexibility index (Phi) is 2.82. The van der Waals surface area contributed by atoms with Gasteiger partial charge >= 0.3 is 0 Å². The maximum atomic E-state index is 5.73. The minimum absolute atomic E-state index is 0.570. The SMILES string of the molecule is C#CCc1cc(Cl)cc(Cl)c1. The zero-order valence-corrected chi connectivity index (χ0v) is 7.28. The predicted molar refractivity (Wildman–Crippen MR) is 49.0 cm³/mol. The van der Waals surface area contributed by atoms with E-state index in [9.17, 15) is 0 Å². The van der Waals surface area contributed by atoms with Crippen LogP contribution in [0.15, 0.2) is 18.2 Å². The average Bonchev–Trinajstić information content (AvgIpc) is 1.85. The van der Waals surface area contributed by atoms with Crippen LogP contribution in [-0.2, 0) is 6.42 Å². The molecule has 0 nitrogen and oxygen atoms in total. The van der Waals surface area contributed by atoms with Crippen LogP contribution in [0.5, 0.6) is 0 Å². The van der Waals surface area contributed by atoms with E-state index in [0.29, 0.717) is 16.5 Å². The minimum Gasteiger partial charge on any atom is -0.120 e. The van der Waals surface area contributed by atoms with Crippen molar-refractivity contribution in [3.63, 3.8) is 0 Å². The molecule has 1 aromatic rings. The molecule has 1 rings (SSSR count). The molecule has 56 valence electrons. The number of terminal acetylenes is 1. The van der Waals surface area contributed by atoms with Crippen molar-refractivity contribution in [3.05, 3.63) is 33.8 Å². The van der Waals surface area contributed by atoms with Crippen molar-refractivity contribution in [2.75, 3.05) is 0 Å². The van der Waals surface area contributed by atoms with Crippen molar-refractivity contribution >= 4 is 23.2 Å². The Morgan fingerprint density at radius 3 is 2.18 bits per heavy atom. The molecule has 0 bridgehead atoms. The third-order valence-corrected chi connectivity index (χ3v) is 1.66. The third-order valence-electron chi connectivity index (χ3n) is 1.23. The van der Waals surface area contributed by atoms with Gasteiger partial charge in [-0.25, -0.2) is 0 Å². The fraction of sp³-hybridized carbons (Fsp3) is 0.111. The predicted octanol–water partition coefficient (Wildman–Crippen LogP) is 3.17. The van der Waals surface area contributed by atoms with Crippen LogP contribution in [0.1, 0.15) is 5.56 Å². The molecule has 0 N–H and O–H groups in total. The van der Waals surface area contributed by atoms with Crippen molar-refractivity contribution in [1.29, 1.82) is 0 Å². The summed E-state index contributed by atoms with van der Waals surface area (Å²) in [5.41, 5.74) is 0.977. The molecule has 0 aliphatic carbocycles. The molecule has 0 saturated carbocycles. The lowest BCUT2D eigenvalue weighted by Crippen LogP contribution is -1.80. The van der Waals surface area contributed by atoms with Gasteiger partial charge in [0.2, 0.25) is 0 Å². The zero-order valence-electron chi connectivity index (χ0n) is 5.77. The summed E-state index contributed by atoms with van der Waals surface area (Å²) in [7, 11) is 0. The Morgan fingerprint density at radius 2 is 1.73 bits per heavy atom. The smallest absolute Gasteiger partial charge is 0.0423 e. The highest BCUT2D eigenvalue weighted by Gasteiger charge is 1.95. The first-order valence-electron chi connectivity index (χ1n) is 3.11. The van der Waals surface area contributed by atoms with Gasteiger partial charge in [0.1, 0.15) is 0 Å². The molecule has 11 heavy (non-hydrogen) atoms. The molecule has 0 fully saturated rings. The van der Waals surface area contributed by atoms with Crippen molar-refractivity contribution in [2.45, 2.75) is 6.42 Å². The van der Waals surface area contributed by atoms with Gasteiger partial charge < -0.3 is 0 Å². The largest absolute Gasteiger partial charge is 0.120 e. The monoisotopic (exact) mass is 184 g/mol. The number of rotatable bonds is 1. The molecular weight excluding hydrogens is 179 g/mol. The molecule has 0 unspecified atom stereocenters. The highest BCUT2D eigenvalue weighted by Crippen LogP contribution is 2.18. The summed E-state index contributed by atoms with van der Waals surface area (Å²) in [6.07, 6.45) is 5.69. The van der Waals surface area contributed by atoms with E-state index < -0.39 is 0 Å². The van der Waals surface area contributed by atoms with E-state index in [4.69, 9.17) is 29.6 Å². The van der Waals surface area contributed by atoms with Gasteiger partial charge in [0.05, 0.1) is 0 Å². The first kappa shape index (κ1) is 8.46. The lowest BCUT2D eigenvalue weighted by Gasteiger charge is -1.97. The quantitative estimate of drug-likeness (QED) is 0.589. The lowest BCUT2D eigenvalue weighted by atomic mass is 10.2. The van der Waals surface area contributed by atoms with Gasteiger partial charge in [0.25, 0.3) is 0 Å². The summed E-state index contributed by atoms with van der Waals surface area (Å²) >= 11 is 11.5. The van der Waals surface area contributed by atoms with Crippen molar-refractivity contribution in [1.82, 2.24) is 0 Å². The molecule has 0 aliphatic rings. The van der Waals surface area contributed by atoms with Gasteiger partial charge in [0.15, 0.2) is 0 Å². The fourth-order valence-corrected chi connectivity index (χ4v) is 1.40. The molecule has 0 saturated heterocycles. The average molecular weight is 185 g/mol. The van der Waals surface area contributed by atoms with E-state index in [0.717, 1.165) is 5.56 Å².